The molecule has 2 aromatic carbocycles. The zero-order valence-electron chi connectivity index (χ0n) is 25.9. The highest BCUT2D eigenvalue weighted by atomic mass is 16.4. The number of rotatable bonds is 13. The number of piperidine rings is 1. The summed E-state index contributed by atoms with van der Waals surface area (Å²) in [5.41, 5.74) is 23.0. The van der Waals surface area contributed by atoms with E-state index in [-0.39, 0.29) is 56.2 Å². The first kappa shape index (κ1) is 38.5. The Hall–Kier alpha value is -5.68. The summed E-state index contributed by atoms with van der Waals surface area (Å²) < 4.78 is 0. The number of benzene rings is 2. The number of carbonyl (C=O) groups is 8. The quantitative estimate of drug-likeness (QED) is 0.0712. The molecule has 0 radical (unpaired) electrons. The predicted octanol–water partition coefficient (Wildman–Crippen LogP) is -1.13. The van der Waals surface area contributed by atoms with Gasteiger partial charge in [0.05, 0.1) is 6.54 Å². The molecule has 5 amide bonds. The lowest BCUT2D eigenvalue weighted by Gasteiger charge is -2.29. The third kappa shape index (κ3) is 11.9. The molecule has 17 nitrogen and oxygen atoms in total. The third-order valence-corrected chi connectivity index (χ3v) is 7.22. The second kappa shape index (κ2) is 18.5. The molecule has 258 valence electrons. The first-order valence-electron chi connectivity index (χ1n) is 14.7. The molecule has 2 heterocycles. The summed E-state index contributed by atoms with van der Waals surface area (Å²) in [5.74, 6) is -4.41. The molecule has 3 atom stereocenters. The van der Waals surface area contributed by atoms with Gasteiger partial charge in [-0.1, -0.05) is 36.4 Å². The minimum absolute atomic E-state index is 0.0213. The van der Waals surface area contributed by atoms with E-state index in [9.17, 15) is 38.4 Å². The van der Waals surface area contributed by atoms with Crippen LogP contribution >= 0.6 is 0 Å². The van der Waals surface area contributed by atoms with E-state index in [0.717, 1.165) is 5.56 Å². The zero-order chi connectivity index (χ0) is 36.0. The molecular weight excluding hydrogens is 630 g/mol. The molecule has 2 aromatic rings. The minimum atomic E-state index is -1.11. The number of ketones is 1. The molecule has 2 aliphatic rings. The summed E-state index contributed by atoms with van der Waals surface area (Å²) >= 11 is 0. The number of carboxylic acids is 2. The molecule has 0 spiro atoms. The number of hydrogen-bond donors (Lipinski definition) is 8. The van der Waals surface area contributed by atoms with Crippen LogP contribution in [0.15, 0.2) is 48.5 Å². The van der Waals surface area contributed by atoms with E-state index >= 15 is 0 Å². The average molecular weight is 670 g/mol. The van der Waals surface area contributed by atoms with Crippen LogP contribution in [0.3, 0.4) is 0 Å². The third-order valence-electron chi connectivity index (χ3n) is 7.22. The zero-order valence-corrected chi connectivity index (χ0v) is 25.9. The van der Waals surface area contributed by atoms with Gasteiger partial charge < -0.3 is 38.0 Å². The average Bonchev–Trinajstić information content (AvgIpc) is 3.37. The van der Waals surface area contributed by atoms with E-state index in [4.69, 9.17) is 33.1 Å². The van der Waals surface area contributed by atoms with Gasteiger partial charge in [0.25, 0.3) is 5.91 Å². The molecule has 17 heteroatoms. The standard InChI is InChI=1S/C13H13N3O3.C13H16N2O4.C5H10N2O3/c14-9-3-1-2-7-8(9)6-16(13(7)19)10-4-5-11(17)15-12(10)18;14-12(17)7-6-10(13(18)19)15-8-11(16)9-4-2-1-3-5-9;6-3(5(9)10)1-2-4(7)8/h1-3,10H,4-6,14H2,(H,15,17,18);1-5,10,15H,6-8H2,(H2,14,17)(H,18,19);3H,1-2,6H2,(H2,7,8)(H,9,10). The van der Waals surface area contributed by atoms with Gasteiger partial charge in [0, 0.05) is 48.2 Å². The van der Waals surface area contributed by atoms with Gasteiger partial charge in [0.2, 0.25) is 23.6 Å². The van der Waals surface area contributed by atoms with E-state index in [2.05, 4.69) is 10.6 Å². The number of primary amides is 2. The van der Waals surface area contributed by atoms with Crippen molar-refractivity contribution in [1.29, 1.82) is 0 Å². The van der Waals surface area contributed by atoms with E-state index < -0.39 is 47.8 Å². The van der Waals surface area contributed by atoms with E-state index in [1.165, 1.54) is 4.90 Å². The van der Waals surface area contributed by atoms with Gasteiger partial charge in [0.1, 0.15) is 18.1 Å². The molecule has 48 heavy (non-hydrogen) atoms. The molecule has 0 aliphatic carbocycles. The Morgan fingerprint density at radius 1 is 0.896 bits per heavy atom. The highest BCUT2D eigenvalue weighted by molar-refractivity contribution is 6.06. The Balaban J connectivity index is 0.000000264. The predicted molar refractivity (Wildman–Crippen MR) is 170 cm³/mol. The van der Waals surface area contributed by atoms with Crippen LogP contribution in [0, 0.1) is 0 Å². The number of imide groups is 1. The largest absolute Gasteiger partial charge is 0.480 e. The maximum Gasteiger partial charge on any atom is 0.320 e. The molecule has 4 rings (SSSR count). The lowest BCUT2D eigenvalue weighted by molar-refractivity contribution is -0.140. The highest BCUT2D eigenvalue weighted by Crippen LogP contribution is 2.30. The van der Waals surface area contributed by atoms with Crippen molar-refractivity contribution in [3.8, 4) is 0 Å². The Morgan fingerprint density at radius 2 is 1.52 bits per heavy atom. The monoisotopic (exact) mass is 669 g/mol. The van der Waals surface area contributed by atoms with Gasteiger partial charge in [-0.2, -0.15) is 0 Å². The van der Waals surface area contributed by atoms with Crippen molar-refractivity contribution in [3.63, 3.8) is 0 Å². The lowest BCUT2D eigenvalue weighted by Crippen LogP contribution is -2.52. The molecule has 2 aliphatic heterocycles. The molecule has 0 saturated carbocycles. The Labute approximate surface area is 275 Å². The van der Waals surface area contributed by atoms with E-state index in [1.54, 1.807) is 48.5 Å². The van der Waals surface area contributed by atoms with Gasteiger partial charge >= 0.3 is 11.9 Å². The van der Waals surface area contributed by atoms with Crippen molar-refractivity contribution < 1.29 is 48.6 Å². The summed E-state index contributed by atoms with van der Waals surface area (Å²) in [7, 11) is 0. The Bertz CT molecular complexity index is 1530. The van der Waals surface area contributed by atoms with Crippen LogP contribution in [-0.4, -0.2) is 87.0 Å². The Kier molecular flexibility index (Phi) is 14.8. The van der Waals surface area contributed by atoms with E-state index in [1.807, 2.05) is 0 Å². The maximum absolute atomic E-state index is 12.3. The summed E-state index contributed by atoms with van der Waals surface area (Å²) in [6.07, 6.45) is 0.769. The number of aliphatic carboxylic acids is 2. The number of nitrogens with one attached hydrogen (secondary N) is 2. The van der Waals surface area contributed by atoms with Crippen LogP contribution in [0.5, 0.6) is 0 Å². The second-order valence-corrected chi connectivity index (χ2v) is 10.8. The molecule has 0 bridgehead atoms. The second-order valence-electron chi connectivity index (χ2n) is 10.8. The van der Waals surface area contributed by atoms with Crippen molar-refractivity contribution in [2.24, 2.45) is 17.2 Å². The van der Waals surface area contributed by atoms with Crippen molar-refractivity contribution >= 4 is 52.9 Å². The van der Waals surface area contributed by atoms with Gasteiger partial charge in [-0.25, -0.2) is 0 Å². The summed E-state index contributed by atoms with van der Waals surface area (Å²) in [6, 6.07) is 11.2. The number of carbonyl (C=O) groups excluding carboxylic acids is 6. The fraction of sp³-hybridized carbons (Fsp3) is 0.355. The molecule has 3 unspecified atom stereocenters. The number of fused-ring (bicyclic) bond motifs is 1. The number of carboxylic acid groups (broad SMARTS) is 2. The van der Waals surface area contributed by atoms with Crippen molar-refractivity contribution in [3.05, 3.63) is 65.2 Å². The number of hydrogen-bond acceptors (Lipinski definition) is 11. The molecule has 0 aromatic heterocycles. The maximum atomic E-state index is 12.3. The summed E-state index contributed by atoms with van der Waals surface area (Å²) in [6.45, 7) is 0.229. The first-order valence-corrected chi connectivity index (χ1v) is 14.7. The molecule has 1 saturated heterocycles. The van der Waals surface area contributed by atoms with Crippen molar-refractivity contribution in [2.45, 2.75) is 63.2 Å². The van der Waals surface area contributed by atoms with Gasteiger partial charge in [-0.15, -0.1) is 0 Å². The van der Waals surface area contributed by atoms with Crippen LogP contribution < -0.4 is 33.6 Å². The van der Waals surface area contributed by atoms with Crippen molar-refractivity contribution in [2.75, 3.05) is 12.3 Å². The van der Waals surface area contributed by atoms with Crippen molar-refractivity contribution in [1.82, 2.24) is 15.5 Å². The fourth-order valence-electron chi connectivity index (χ4n) is 4.57. The van der Waals surface area contributed by atoms with Gasteiger partial charge in [-0.05, 0) is 31.4 Å². The minimum Gasteiger partial charge on any atom is -0.480 e. The number of nitrogens with zero attached hydrogens (tertiary/aromatic N) is 1. The number of amides is 5. The normalized spacial score (nSPS) is 16.1. The Morgan fingerprint density at radius 3 is 2.06 bits per heavy atom. The SMILES string of the molecule is NC(=O)CCC(N)C(=O)O.NC(=O)CCC(NCC(=O)c1ccccc1)C(=O)O.Nc1cccc2c1CN(C1CCC(=O)NC1=O)C2=O. The lowest BCUT2D eigenvalue weighted by atomic mass is 10.0. The molecule has 1 fully saturated rings. The van der Waals surface area contributed by atoms with E-state index in [0.29, 0.717) is 29.8 Å². The number of nitrogen functional groups attached to an aromatic ring is 1. The van der Waals surface area contributed by atoms with Crippen LogP contribution in [0.25, 0.3) is 0 Å². The molecular formula is C31H39N7O10. The van der Waals surface area contributed by atoms with Crippen LogP contribution in [0.4, 0.5) is 5.69 Å². The molecule has 12 N–H and O–H groups in total. The van der Waals surface area contributed by atoms with Gasteiger partial charge in [0.15, 0.2) is 5.78 Å². The number of Topliss-reactive ketones (excluding diaryl/α,β-unsaturated/α-hetero) is 1. The fourth-order valence-corrected chi connectivity index (χ4v) is 4.57. The topological polar surface area (TPSA) is 308 Å². The highest BCUT2D eigenvalue weighted by Gasteiger charge is 2.39. The number of anilines is 1. The summed E-state index contributed by atoms with van der Waals surface area (Å²) in [4.78, 5) is 90.2. The van der Waals surface area contributed by atoms with Crippen LogP contribution in [-0.2, 0) is 35.3 Å². The number of nitrogens with two attached hydrogens (primary N) is 4. The van der Waals surface area contributed by atoms with Crippen LogP contribution in [0.1, 0.15) is 64.8 Å². The first-order chi connectivity index (χ1) is 22.6. The van der Waals surface area contributed by atoms with Crippen LogP contribution in [0.2, 0.25) is 0 Å². The smallest absolute Gasteiger partial charge is 0.320 e. The van der Waals surface area contributed by atoms with Gasteiger partial charge in [-0.3, -0.25) is 49.0 Å². The summed E-state index contributed by atoms with van der Waals surface area (Å²) in [5, 5.41) is 22.0.